The number of hydrogen-bond donors (Lipinski definition) is 0. The van der Waals surface area contributed by atoms with E-state index in [9.17, 15) is 0 Å². The smallest absolute Gasteiger partial charge is 0.160 e. The number of rotatable bonds is 4. The summed E-state index contributed by atoms with van der Waals surface area (Å²) in [5, 5.41) is 2.16. The number of aromatic nitrogens is 4. The van der Waals surface area contributed by atoms with E-state index in [4.69, 9.17) is 15.0 Å². The van der Waals surface area contributed by atoms with Crippen LogP contribution in [0, 0.1) is 0 Å². The first-order valence-electron chi connectivity index (χ1n) is 12.6. The van der Waals surface area contributed by atoms with E-state index < -0.39 is 0 Å². The summed E-state index contributed by atoms with van der Waals surface area (Å²) in [7, 11) is 0. The fourth-order valence-corrected chi connectivity index (χ4v) is 4.82. The Bertz CT molecular complexity index is 1860. The predicted octanol–water partition coefficient (Wildman–Crippen LogP) is 8.24. The van der Waals surface area contributed by atoms with Gasteiger partial charge in [0.05, 0.1) is 22.4 Å². The lowest BCUT2D eigenvalue weighted by atomic mass is 10.00. The molecular formula is C34H22N4. The molecule has 7 rings (SSSR count). The van der Waals surface area contributed by atoms with Crippen LogP contribution in [0.5, 0.6) is 0 Å². The van der Waals surface area contributed by atoms with Gasteiger partial charge < -0.3 is 0 Å². The number of fused-ring (bicyclic) bond motifs is 3. The highest BCUT2D eigenvalue weighted by atomic mass is 14.9. The zero-order valence-corrected chi connectivity index (χ0v) is 20.5. The molecule has 0 spiro atoms. The van der Waals surface area contributed by atoms with Gasteiger partial charge >= 0.3 is 0 Å². The first-order valence-corrected chi connectivity index (χ1v) is 12.6. The van der Waals surface area contributed by atoms with Crippen LogP contribution in [-0.2, 0) is 0 Å². The fraction of sp³-hybridized carbons (Fsp3) is 0. The molecule has 0 aliphatic rings. The minimum absolute atomic E-state index is 0.708. The molecule has 4 aromatic carbocycles. The standard InChI is InChI=1S/C34H22N4/c1-3-9-23(10-4-1)30-21-31(38-34(37-30)25-11-5-2-6-12-25)27-14-7-13-26(19-27)29-20-28-17-16-24-15-8-18-35-32(24)33(28)36-22-29/h1-22H. The maximum Gasteiger partial charge on any atom is 0.160 e. The molecule has 0 N–H and O–H groups in total. The topological polar surface area (TPSA) is 51.6 Å². The molecule has 4 nitrogen and oxygen atoms in total. The fourth-order valence-electron chi connectivity index (χ4n) is 4.82. The Hall–Kier alpha value is -5.22. The van der Waals surface area contributed by atoms with Crippen LogP contribution >= 0.6 is 0 Å². The Balaban J connectivity index is 1.35. The summed E-state index contributed by atoms with van der Waals surface area (Å²) in [4.78, 5) is 19.3. The maximum atomic E-state index is 4.98. The van der Waals surface area contributed by atoms with Crippen molar-refractivity contribution < 1.29 is 0 Å². The second-order valence-electron chi connectivity index (χ2n) is 9.21. The molecular weight excluding hydrogens is 464 g/mol. The summed E-state index contributed by atoms with van der Waals surface area (Å²) in [5.74, 6) is 0.708. The summed E-state index contributed by atoms with van der Waals surface area (Å²) in [5.41, 5.74) is 8.82. The van der Waals surface area contributed by atoms with Crippen LogP contribution in [-0.4, -0.2) is 19.9 Å². The average Bonchev–Trinajstić information content (AvgIpc) is 3.01. The third-order valence-corrected chi connectivity index (χ3v) is 6.74. The van der Waals surface area contributed by atoms with Crippen molar-refractivity contribution in [2.45, 2.75) is 0 Å². The van der Waals surface area contributed by atoms with Crippen molar-refractivity contribution in [1.82, 2.24) is 19.9 Å². The molecule has 0 aliphatic carbocycles. The summed E-state index contributed by atoms with van der Waals surface area (Å²) in [6.45, 7) is 0. The van der Waals surface area contributed by atoms with Gasteiger partial charge in [-0.25, -0.2) is 9.97 Å². The van der Waals surface area contributed by atoms with E-state index >= 15 is 0 Å². The first-order chi connectivity index (χ1) is 18.8. The zero-order valence-electron chi connectivity index (χ0n) is 20.5. The molecule has 178 valence electrons. The van der Waals surface area contributed by atoms with E-state index in [1.165, 1.54) is 0 Å². The summed E-state index contributed by atoms with van der Waals surface area (Å²) in [6, 6.07) is 41.3. The molecule has 0 unspecified atom stereocenters. The summed E-state index contributed by atoms with van der Waals surface area (Å²) >= 11 is 0. The Morgan fingerprint density at radius 2 is 1.05 bits per heavy atom. The largest absolute Gasteiger partial charge is 0.254 e. The van der Waals surface area contributed by atoms with Crippen molar-refractivity contribution >= 4 is 21.8 Å². The molecule has 3 aromatic heterocycles. The molecule has 0 aliphatic heterocycles. The molecule has 3 heterocycles. The lowest BCUT2D eigenvalue weighted by Crippen LogP contribution is -1.96. The van der Waals surface area contributed by atoms with Crippen LogP contribution in [0.1, 0.15) is 0 Å². The molecule has 0 radical (unpaired) electrons. The van der Waals surface area contributed by atoms with Crippen molar-refractivity contribution in [2.24, 2.45) is 0 Å². The quantitative estimate of drug-likeness (QED) is 0.235. The molecule has 7 aromatic rings. The summed E-state index contributed by atoms with van der Waals surface area (Å²) in [6.07, 6.45) is 3.75. The lowest BCUT2D eigenvalue weighted by Gasteiger charge is -2.11. The molecule has 0 saturated heterocycles. The van der Waals surface area contributed by atoms with E-state index in [0.29, 0.717) is 5.82 Å². The van der Waals surface area contributed by atoms with Gasteiger partial charge in [0.25, 0.3) is 0 Å². The maximum absolute atomic E-state index is 4.98. The van der Waals surface area contributed by atoms with Crippen LogP contribution < -0.4 is 0 Å². The lowest BCUT2D eigenvalue weighted by molar-refractivity contribution is 1.18. The minimum Gasteiger partial charge on any atom is -0.254 e. The highest BCUT2D eigenvalue weighted by Crippen LogP contribution is 2.31. The Morgan fingerprint density at radius 1 is 0.395 bits per heavy atom. The van der Waals surface area contributed by atoms with E-state index in [2.05, 4.69) is 71.7 Å². The Labute approximate surface area is 220 Å². The van der Waals surface area contributed by atoms with Gasteiger partial charge in [-0.3, -0.25) is 9.97 Å². The second kappa shape index (κ2) is 9.34. The van der Waals surface area contributed by atoms with E-state index in [1.54, 1.807) is 0 Å². The Morgan fingerprint density at radius 3 is 1.87 bits per heavy atom. The Kier molecular flexibility index (Phi) is 5.41. The molecule has 0 fully saturated rings. The second-order valence-corrected chi connectivity index (χ2v) is 9.21. The molecule has 0 amide bonds. The van der Waals surface area contributed by atoms with Crippen molar-refractivity contribution in [3.05, 3.63) is 134 Å². The van der Waals surface area contributed by atoms with Crippen LogP contribution in [0.2, 0.25) is 0 Å². The number of pyridine rings is 2. The van der Waals surface area contributed by atoms with Gasteiger partial charge in [-0.2, -0.15) is 0 Å². The highest BCUT2D eigenvalue weighted by Gasteiger charge is 2.12. The van der Waals surface area contributed by atoms with Crippen LogP contribution in [0.4, 0.5) is 0 Å². The molecule has 0 saturated carbocycles. The van der Waals surface area contributed by atoms with Gasteiger partial charge in [0.15, 0.2) is 5.82 Å². The van der Waals surface area contributed by atoms with Crippen molar-refractivity contribution in [1.29, 1.82) is 0 Å². The third kappa shape index (κ3) is 4.08. The SMILES string of the molecule is c1ccc(-c2cc(-c3cccc(-c4cnc5c(ccc6cccnc65)c4)c3)nc(-c3ccccc3)n2)cc1. The number of benzene rings is 4. The minimum atomic E-state index is 0.708. The number of hydrogen-bond acceptors (Lipinski definition) is 4. The van der Waals surface area contributed by atoms with E-state index in [1.807, 2.05) is 67.0 Å². The zero-order chi connectivity index (χ0) is 25.3. The van der Waals surface area contributed by atoms with E-state index in [-0.39, 0.29) is 0 Å². The van der Waals surface area contributed by atoms with Crippen LogP contribution in [0.15, 0.2) is 134 Å². The monoisotopic (exact) mass is 486 g/mol. The third-order valence-electron chi connectivity index (χ3n) is 6.74. The number of nitrogens with zero attached hydrogens (tertiary/aromatic N) is 4. The average molecular weight is 487 g/mol. The van der Waals surface area contributed by atoms with Gasteiger partial charge in [0.1, 0.15) is 0 Å². The van der Waals surface area contributed by atoms with E-state index in [0.717, 1.165) is 61.0 Å². The molecule has 0 atom stereocenters. The van der Waals surface area contributed by atoms with Crippen LogP contribution in [0.25, 0.3) is 66.8 Å². The molecule has 38 heavy (non-hydrogen) atoms. The highest BCUT2D eigenvalue weighted by molar-refractivity contribution is 6.03. The van der Waals surface area contributed by atoms with Gasteiger partial charge in [0, 0.05) is 45.4 Å². The van der Waals surface area contributed by atoms with Gasteiger partial charge in [-0.15, -0.1) is 0 Å². The van der Waals surface area contributed by atoms with Crippen LogP contribution in [0.3, 0.4) is 0 Å². The van der Waals surface area contributed by atoms with Gasteiger partial charge in [-0.05, 0) is 29.8 Å². The first kappa shape index (κ1) is 22.0. The predicted molar refractivity (Wildman–Crippen MR) is 154 cm³/mol. The molecule has 4 heteroatoms. The van der Waals surface area contributed by atoms with Gasteiger partial charge in [-0.1, -0.05) is 97.1 Å². The van der Waals surface area contributed by atoms with Gasteiger partial charge in [0.2, 0.25) is 0 Å². The summed E-state index contributed by atoms with van der Waals surface area (Å²) < 4.78 is 0. The molecule has 0 bridgehead atoms. The van der Waals surface area contributed by atoms with Crippen molar-refractivity contribution in [3.63, 3.8) is 0 Å². The normalized spacial score (nSPS) is 11.2. The van der Waals surface area contributed by atoms with Crippen molar-refractivity contribution in [2.75, 3.05) is 0 Å². The van der Waals surface area contributed by atoms with Crippen molar-refractivity contribution in [3.8, 4) is 45.0 Å².